The first-order valence-electron chi connectivity index (χ1n) is 7.73. The molecule has 0 heterocycles. The molecule has 26 heavy (non-hydrogen) atoms. The maximum Gasteiger partial charge on any atom is 0.387 e. The van der Waals surface area contributed by atoms with Crippen LogP contribution in [0.25, 0.3) is 0 Å². The number of ether oxygens (including phenoxy) is 2. The van der Waals surface area contributed by atoms with E-state index in [0.717, 1.165) is 10.0 Å². The predicted molar refractivity (Wildman–Crippen MR) is 98.7 cm³/mol. The van der Waals surface area contributed by atoms with Crippen LogP contribution in [0.2, 0.25) is 0 Å². The second-order valence-electron chi connectivity index (χ2n) is 5.56. The second-order valence-corrected chi connectivity index (χ2v) is 6.42. The standard InChI is InChI=1S/C18H19BrF2N2O3/c1-23(11-17(24)22-14-6-4-3-5-13(14)19)10-12-7-8-15(26-18(20)21)16(9-12)25-2/h3-9,18H,10-11H2,1-2H3,(H,22,24). The summed E-state index contributed by atoms with van der Waals surface area (Å²) in [4.78, 5) is 14.0. The summed E-state index contributed by atoms with van der Waals surface area (Å²) in [6.45, 7) is -2.31. The first-order valence-corrected chi connectivity index (χ1v) is 8.53. The molecular weight excluding hydrogens is 410 g/mol. The molecule has 0 atom stereocenters. The first kappa shape index (κ1) is 20.1. The summed E-state index contributed by atoms with van der Waals surface area (Å²) >= 11 is 3.38. The molecule has 2 rings (SSSR count). The fourth-order valence-electron chi connectivity index (χ4n) is 2.37. The lowest BCUT2D eigenvalue weighted by Gasteiger charge is -2.18. The van der Waals surface area contributed by atoms with Gasteiger partial charge in [0.2, 0.25) is 5.91 Å². The van der Waals surface area contributed by atoms with Crippen molar-refractivity contribution in [1.82, 2.24) is 4.90 Å². The zero-order chi connectivity index (χ0) is 19.1. The van der Waals surface area contributed by atoms with E-state index in [-0.39, 0.29) is 24.0 Å². The van der Waals surface area contributed by atoms with Crippen molar-refractivity contribution in [3.63, 3.8) is 0 Å². The van der Waals surface area contributed by atoms with E-state index in [1.165, 1.54) is 13.2 Å². The number of methoxy groups -OCH3 is 1. The number of nitrogens with zero attached hydrogens (tertiary/aromatic N) is 1. The molecule has 0 spiro atoms. The van der Waals surface area contributed by atoms with Gasteiger partial charge in [0.05, 0.1) is 19.3 Å². The number of hydrogen-bond donors (Lipinski definition) is 1. The van der Waals surface area contributed by atoms with E-state index < -0.39 is 6.61 Å². The maximum absolute atomic E-state index is 12.4. The van der Waals surface area contributed by atoms with Crippen molar-refractivity contribution >= 4 is 27.5 Å². The molecule has 0 unspecified atom stereocenters. The van der Waals surface area contributed by atoms with Crippen molar-refractivity contribution in [3.05, 3.63) is 52.5 Å². The van der Waals surface area contributed by atoms with Gasteiger partial charge in [-0.05, 0) is 52.8 Å². The molecule has 0 aromatic heterocycles. The van der Waals surface area contributed by atoms with Crippen molar-refractivity contribution in [1.29, 1.82) is 0 Å². The Bertz CT molecular complexity index is 759. The molecule has 1 N–H and O–H groups in total. The van der Waals surface area contributed by atoms with E-state index in [4.69, 9.17) is 4.74 Å². The Hall–Kier alpha value is -2.19. The van der Waals surface area contributed by atoms with Gasteiger partial charge < -0.3 is 14.8 Å². The topological polar surface area (TPSA) is 50.8 Å². The Morgan fingerprint density at radius 3 is 2.62 bits per heavy atom. The van der Waals surface area contributed by atoms with E-state index in [1.807, 2.05) is 18.2 Å². The quantitative estimate of drug-likeness (QED) is 0.686. The summed E-state index contributed by atoms with van der Waals surface area (Å²) < 4.78 is 35.0. The Balaban J connectivity index is 1.95. The predicted octanol–water partition coefficient (Wildman–Crippen LogP) is 4.13. The summed E-state index contributed by atoms with van der Waals surface area (Å²) in [5.74, 6) is 0.0264. The lowest BCUT2D eigenvalue weighted by molar-refractivity contribution is -0.117. The summed E-state index contributed by atoms with van der Waals surface area (Å²) in [5.41, 5.74) is 1.50. The highest BCUT2D eigenvalue weighted by molar-refractivity contribution is 9.10. The average molecular weight is 429 g/mol. The van der Waals surface area contributed by atoms with Crippen molar-refractivity contribution in [2.24, 2.45) is 0 Å². The number of hydrogen-bond acceptors (Lipinski definition) is 4. The molecule has 1 amide bonds. The zero-order valence-electron chi connectivity index (χ0n) is 14.3. The molecule has 8 heteroatoms. The van der Waals surface area contributed by atoms with Crippen molar-refractivity contribution in [2.75, 3.05) is 26.0 Å². The molecule has 0 radical (unpaired) electrons. The molecule has 0 bridgehead atoms. The fourth-order valence-corrected chi connectivity index (χ4v) is 2.75. The van der Waals surface area contributed by atoms with Gasteiger partial charge in [-0.1, -0.05) is 18.2 Å². The van der Waals surface area contributed by atoms with E-state index in [1.54, 1.807) is 30.1 Å². The molecular formula is C18H19BrF2N2O3. The number of para-hydroxylation sites is 1. The number of nitrogens with one attached hydrogen (secondary N) is 1. The van der Waals surface area contributed by atoms with Crippen LogP contribution in [0.4, 0.5) is 14.5 Å². The number of carbonyl (C=O) groups excluding carboxylic acids is 1. The lowest BCUT2D eigenvalue weighted by Crippen LogP contribution is -2.29. The molecule has 140 valence electrons. The fraction of sp³-hybridized carbons (Fsp3) is 0.278. The third-order valence-electron chi connectivity index (χ3n) is 3.46. The highest BCUT2D eigenvalue weighted by Crippen LogP contribution is 2.29. The van der Waals surface area contributed by atoms with E-state index in [0.29, 0.717) is 12.2 Å². The van der Waals surface area contributed by atoms with Gasteiger partial charge in [0.15, 0.2) is 11.5 Å². The number of benzene rings is 2. The van der Waals surface area contributed by atoms with Crippen LogP contribution >= 0.6 is 15.9 Å². The van der Waals surface area contributed by atoms with Gasteiger partial charge in [-0.15, -0.1) is 0 Å². The lowest BCUT2D eigenvalue weighted by atomic mass is 10.2. The molecule has 5 nitrogen and oxygen atoms in total. The zero-order valence-corrected chi connectivity index (χ0v) is 15.9. The number of likely N-dealkylation sites (N-methyl/N-ethyl adjacent to an activating group) is 1. The minimum absolute atomic E-state index is 0.0272. The SMILES string of the molecule is COc1cc(CN(C)CC(=O)Nc2ccccc2Br)ccc1OC(F)F. The number of rotatable bonds is 8. The molecule has 0 aliphatic carbocycles. The smallest absolute Gasteiger partial charge is 0.387 e. The van der Waals surface area contributed by atoms with Gasteiger partial charge >= 0.3 is 6.61 Å². The Morgan fingerprint density at radius 1 is 1.23 bits per heavy atom. The van der Waals surface area contributed by atoms with Crippen molar-refractivity contribution in [3.8, 4) is 11.5 Å². The van der Waals surface area contributed by atoms with Crippen LogP contribution in [0.3, 0.4) is 0 Å². The monoisotopic (exact) mass is 428 g/mol. The van der Waals surface area contributed by atoms with Gasteiger partial charge in [0.1, 0.15) is 0 Å². The molecule has 0 fully saturated rings. The van der Waals surface area contributed by atoms with Crippen LogP contribution in [-0.4, -0.2) is 38.1 Å². The summed E-state index contributed by atoms with van der Waals surface area (Å²) in [6, 6.07) is 12.0. The third kappa shape index (κ3) is 5.96. The van der Waals surface area contributed by atoms with Gasteiger partial charge in [-0.25, -0.2) is 0 Å². The number of carbonyl (C=O) groups is 1. The summed E-state index contributed by atoms with van der Waals surface area (Å²) in [5, 5.41) is 2.82. The van der Waals surface area contributed by atoms with Crippen molar-refractivity contribution < 1.29 is 23.0 Å². The first-order chi connectivity index (χ1) is 12.4. The third-order valence-corrected chi connectivity index (χ3v) is 4.15. The van der Waals surface area contributed by atoms with Gasteiger partial charge in [0.25, 0.3) is 0 Å². The number of amides is 1. The summed E-state index contributed by atoms with van der Waals surface area (Å²) in [6.07, 6.45) is 0. The molecule has 2 aromatic rings. The summed E-state index contributed by atoms with van der Waals surface area (Å²) in [7, 11) is 3.17. The Kier molecular flexibility index (Phi) is 7.35. The second kappa shape index (κ2) is 9.49. The van der Waals surface area contributed by atoms with Crippen LogP contribution in [0.1, 0.15) is 5.56 Å². The average Bonchev–Trinajstić information content (AvgIpc) is 2.57. The van der Waals surface area contributed by atoms with Gasteiger partial charge in [-0.2, -0.15) is 8.78 Å². The molecule has 0 saturated heterocycles. The van der Waals surface area contributed by atoms with E-state index in [2.05, 4.69) is 26.0 Å². The van der Waals surface area contributed by atoms with E-state index in [9.17, 15) is 13.6 Å². The minimum atomic E-state index is -2.92. The number of halogens is 3. The van der Waals surface area contributed by atoms with Crippen molar-refractivity contribution in [2.45, 2.75) is 13.2 Å². The normalized spacial score (nSPS) is 10.9. The molecule has 0 aliphatic heterocycles. The number of alkyl halides is 2. The van der Waals surface area contributed by atoms with Crippen LogP contribution in [0.5, 0.6) is 11.5 Å². The molecule has 0 aliphatic rings. The van der Waals surface area contributed by atoms with Gasteiger partial charge in [-0.3, -0.25) is 9.69 Å². The van der Waals surface area contributed by atoms with Crippen LogP contribution in [0.15, 0.2) is 46.9 Å². The molecule has 2 aromatic carbocycles. The minimum Gasteiger partial charge on any atom is -0.493 e. The van der Waals surface area contributed by atoms with E-state index >= 15 is 0 Å². The largest absolute Gasteiger partial charge is 0.493 e. The van der Waals surface area contributed by atoms with Gasteiger partial charge in [0, 0.05) is 11.0 Å². The highest BCUT2D eigenvalue weighted by atomic mass is 79.9. The highest BCUT2D eigenvalue weighted by Gasteiger charge is 2.13. The Labute approximate surface area is 159 Å². The van der Waals surface area contributed by atoms with Crippen LogP contribution in [0, 0.1) is 0 Å². The molecule has 0 saturated carbocycles. The van der Waals surface area contributed by atoms with Crippen LogP contribution < -0.4 is 14.8 Å². The number of anilines is 1. The maximum atomic E-state index is 12.4. The van der Waals surface area contributed by atoms with Crippen LogP contribution in [-0.2, 0) is 11.3 Å². The Morgan fingerprint density at radius 2 is 1.96 bits per heavy atom.